The van der Waals surface area contributed by atoms with Crippen molar-refractivity contribution in [2.75, 3.05) is 0 Å². The largest absolute Gasteiger partial charge is 0.0614 e. The van der Waals surface area contributed by atoms with Crippen molar-refractivity contribution in [3.05, 3.63) is 40.5 Å². The van der Waals surface area contributed by atoms with Gasteiger partial charge in [0.1, 0.15) is 0 Å². The van der Waals surface area contributed by atoms with E-state index in [1.54, 1.807) is 22.3 Å². The molecule has 2 aliphatic carbocycles. The molecule has 1 aromatic carbocycles. The van der Waals surface area contributed by atoms with Crippen LogP contribution in [0.5, 0.6) is 0 Å². The molecule has 78 valence electrons. The van der Waals surface area contributed by atoms with Gasteiger partial charge in [-0.3, -0.25) is 0 Å². The van der Waals surface area contributed by atoms with Gasteiger partial charge < -0.3 is 0 Å². The van der Waals surface area contributed by atoms with Crippen molar-refractivity contribution in [1.29, 1.82) is 0 Å². The number of rotatable bonds is 0. The molecule has 1 aromatic rings. The van der Waals surface area contributed by atoms with Crippen LogP contribution < -0.4 is 0 Å². The molecular formula is C15H18. The van der Waals surface area contributed by atoms with Gasteiger partial charge in [0, 0.05) is 0 Å². The van der Waals surface area contributed by atoms with E-state index in [1.807, 2.05) is 0 Å². The van der Waals surface area contributed by atoms with Crippen LogP contribution in [0.2, 0.25) is 0 Å². The minimum Gasteiger partial charge on any atom is -0.0614 e. The maximum Gasteiger partial charge on any atom is -0.00497 e. The monoisotopic (exact) mass is 198 g/mol. The Morgan fingerprint density at radius 2 is 2.13 bits per heavy atom. The topological polar surface area (TPSA) is 0 Å². The zero-order valence-electron chi connectivity index (χ0n) is 9.64. The van der Waals surface area contributed by atoms with Crippen molar-refractivity contribution in [3.63, 3.8) is 0 Å². The van der Waals surface area contributed by atoms with Crippen molar-refractivity contribution in [1.82, 2.24) is 0 Å². The zero-order chi connectivity index (χ0) is 10.4. The van der Waals surface area contributed by atoms with E-state index in [-0.39, 0.29) is 0 Å². The zero-order valence-corrected chi connectivity index (χ0v) is 9.64. The van der Waals surface area contributed by atoms with Gasteiger partial charge in [0.15, 0.2) is 0 Å². The van der Waals surface area contributed by atoms with E-state index in [2.05, 4.69) is 32.0 Å². The van der Waals surface area contributed by atoms with Gasteiger partial charge in [-0.25, -0.2) is 0 Å². The van der Waals surface area contributed by atoms with Crippen molar-refractivity contribution < 1.29 is 0 Å². The summed E-state index contributed by atoms with van der Waals surface area (Å²) in [6, 6.07) is 6.79. The summed E-state index contributed by atoms with van der Waals surface area (Å²) in [5.74, 6) is 0.820. The Labute approximate surface area is 92.0 Å². The van der Waals surface area contributed by atoms with E-state index in [0.717, 1.165) is 5.92 Å². The first-order valence-corrected chi connectivity index (χ1v) is 6.08. The first-order valence-electron chi connectivity index (χ1n) is 6.08. The molecule has 3 rings (SSSR count). The molecule has 0 N–H and O–H groups in total. The Hall–Kier alpha value is -1.04. The van der Waals surface area contributed by atoms with Crippen LogP contribution in [0.15, 0.2) is 23.8 Å². The SMILES string of the molecule is Cc1cccc2c1CC1=C2CCCC1C. The van der Waals surface area contributed by atoms with E-state index in [1.165, 1.54) is 31.2 Å². The van der Waals surface area contributed by atoms with Gasteiger partial charge in [-0.15, -0.1) is 0 Å². The molecule has 0 saturated heterocycles. The Morgan fingerprint density at radius 3 is 3.00 bits per heavy atom. The predicted molar refractivity (Wildman–Crippen MR) is 64.8 cm³/mol. The second-order valence-electron chi connectivity index (χ2n) is 5.07. The van der Waals surface area contributed by atoms with Gasteiger partial charge in [0.2, 0.25) is 0 Å². The molecule has 0 nitrogen and oxygen atoms in total. The molecule has 0 saturated carbocycles. The maximum absolute atomic E-state index is 2.40. The standard InChI is InChI=1S/C15H18/c1-10-5-3-7-12-13-8-4-6-11(2)15(13)9-14(10)12/h3,5,7,11H,4,6,8-9H2,1-2H3. The molecule has 0 bridgehead atoms. The second-order valence-corrected chi connectivity index (χ2v) is 5.07. The van der Waals surface area contributed by atoms with Crippen LogP contribution in [0.3, 0.4) is 0 Å². The van der Waals surface area contributed by atoms with Crippen LogP contribution in [-0.4, -0.2) is 0 Å². The fourth-order valence-corrected chi connectivity index (χ4v) is 3.22. The fourth-order valence-electron chi connectivity index (χ4n) is 3.22. The lowest BCUT2D eigenvalue weighted by Gasteiger charge is -2.21. The van der Waals surface area contributed by atoms with Gasteiger partial charge in [0.25, 0.3) is 0 Å². The van der Waals surface area contributed by atoms with Gasteiger partial charge in [0.05, 0.1) is 0 Å². The normalized spacial score (nSPS) is 24.0. The fraction of sp³-hybridized carbons (Fsp3) is 0.467. The van der Waals surface area contributed by atoms with Gasteiger partial charge >= 0.3 is 0 Å². The molecule has 1 unspecified atom stereocenters. The van der Waals surface area contributed by atoms with E-state index in [9.17, 15) is 0 Å². The number of fused-ring (bicyclic) bond motifs is 2. The summed E-state index contributed by atoms with van der Waals surface area (Å²) in [5, 5.41) is 0. The van der Waals surface area contributed by atoms with E-state index >= 15 is 0 Å². The third-order valence-corrected chi connectivity index (χ3v) is 4.15. The summed E-state index contributed by atoms with van der Waals surface area (Å²) in [6.07, 6.45) is 5.33. The molecule has 0 amide bonds. The highest BCUT2D eigenvalue weighted by atomic mass is 14.3. The van der Waals surface area contributed by atoms with Gasteiger partial charge in [-0.2, -0.15) is 0 Å². The molecule has 15 heavy (non-hydrogen) atoms. The molecule has 0 spiro atoms. The lowest BCUT2D eigenvalue weighted by Crippen LogP contribution is -2.05. The number of hydrogen-bond donors (Lipinski definition) is 0. The lowest BCUT2D eigenvalue weighted by atomic mass is 9.84. The summed E-state index contributed by atoms with van der Waals surface area (Å²) < 4.78 is 0. The molecule has 1 atom stereocenters. The van der Waals surface area contributed by atoms with Crippen LogP contribution in [0.25, 0.3) is 5.57 Å². The summed E-state index contributed by atoms with van der Waals surface area (Å²) in [4.78, 5) is 0. The highest BCUT2D eigenvalue weighted by molar-refractivity contribution is 5.78. The minimum absolute atomic E-state index is 0.820. The van der Waals surface area contributed by atoms with Crippen LogP contribution in [0, 0.1) is 12.8 Å². The minimum atomic E-state index is 0.820. The average molecular weight is 198 g/mol. The Morgan fingerprint density at radius 1 is 1.27 bits per heavy atom. The van der Waals surface area contributed by atoms with Crippen molar-refractivity contribution >= 4 is 5.57 Å². The van der Waals surface area contributed by atoms with Crippen molar-refractivity contribution in [2.24, 2.45) is 5.92 Å². The number of hydrogen-bond acceptors (Lipinski definition) is 0. The molecular weight excluding hydrogens is 180 g/mol. The molecule has 0 radical (unpaired) electrons. The number of benzene rings is 1. The summed E-state index contributed by atoms with van der Waals surface area (Å²) >= 11 is 0. The van der Waals surface area contributed by atoms with Crippen molar-refractivity contribution in [3.8, 4) is 0 Å². The molecule has 0 aromatic heterocycles. The second kappa shape index (κ2) is 3.23. The average Bonchev–Trinajstić information content (AvgIpc) is 2.60. The van der Waals surface area contributed by atoms with Crippen LogP contribution in [-0.2, 0) is 6.42 Å². The first kappa shape index (κ1) is 9.21. The highest BCUT2D eigenvalue weighted by Crippen LogP contribution is 2.44. The maximum atomic E-state index is 2.40. The molecule has 0 heteroatoms. The first-order chi connectivity index (χ1) is 7.27. The lowest BCUT2D eigenvalue weighted by molar-refractivity contribution is 0.556. The van der Waals surface area contributed by atoms with Crippen LogP contribution in [0.4, 0.5) is 0 Å². The van der Waals surface area contributed by atoms with Crippen LogP contribution >= 0.6 is 0 Å². The molecule has 2 aliphatic rings. The highest BCUT2D eigenvalue weighted by Gasteiger charge is 2.28. The quantitative estimate of drug-likeness (QED) is 0.588. The number of aryl methyl sites for hydroxylation is 1. The Kier molecular flexibility index (Phi) is 1.98. The van der Waals surface area contributed by atoms with Gasteiger partial charge in [-0.05, 0) is 60.8 Å². The summed E-state index contributed by atoms with van der Waals surface area (Å²) in [6.45, 7) is 4.65. The molecule has 0 aliphatic heterocycles. The smallest absolute Gasteiger partial charge is 0.00497 e. The third-order valence-electron chi connectivity index (χ3n) is 4.15. The molecule has 0 fully saturated rings. The summed E-state index contributed by atoms with van der Waals surface area (Å²) in [5.41, 5.74) is 8.08. The van der Waals surface area contributed by atoms with E-state index < -0.39 is 0 Å². The number of allylic oxidation sites excluding steroid dienone is 2. The van der Waals surface area contributed by atoms with E-state index in [4.69, 9.17) is 0 Å². The van der Waals surface area contributed by atoms with Crippen molar-refractivity contribution in [2.45, 2.75) is 39.5 Å². The van der Waals surface area contributed by atoms with Crippen LogP contribution in [0.1, 0.15) is 42.9 Å². The van der Waals surface area contributed by atoms with Gasteiger partial charge in [-0.1, -0.05) is 30.7 Å². The Bertz CT molecular complexity index is 437. The predicted octanol–water partition coefficient (Wildman–Crippen LogP) is 4.12. The molecule has 0 heterocycles. The van der Waals surface area contributed by atoms with E-state index in [0.29, 0.717) is 0 Å². The summed E-state index contributed by atoms with van der Waals surface area (Å²) in [7, 11) is 0. The third kappa shape index (κ3) is 1.27. The Balaban J connectivity index is 2.14.